The second-order valence-electron chi connectivity index (χ2n) is 5.76. The first-order valence-electron chi connectivity index (χ1n) is 6.79. The molecule has 0 amide bonds. The summed E-state index contributed by atoms with van der Waals surface area (Å²) in [6, 6.07) is 2.21. The summed E-state index contributed by atoms with van der Waals surface area (Å²) in [7, 11) is 0. The summed E-state index contributed by atoms with van der Waals surface area (Å²) < 4.78 is 5.36. The maximum Gasteiger partial charge on any atom is 0.268 e. The van der Waals surface area contributed by atoms with Crippen molar-refractivity contribution < 1.29 is 4.52 Å². The molecule has 0 atom stereocenters. The zero-order valence-corrected chi connectivity index (χ0v) is 12.2. The minimum atomic E-state index is -0.559. The van der Waals surface area contributed by atoms with Gasteiger partial charge in [0.2, 0.25) is 0 Å². The van der Waals surface area contributed by atoms with Crippen LogP contribution in [0.15, 0.2) is 10.6 Å². The zero-order valence-electron chi connectivity index (χ0n) is 11.4. The Morgan fingerprint density at radius 3 is 2.79 bits per heavy atom. The molecule has 2 N–H and O–H groups in total. The van der Waals surface area contributed by atoms with Gasteiger partial charge in [0.1, 0.15) is 0 Å². The molecule has 2 heterocycles. The summed E-state index contributed by atoms with van der Waals surface area (Å²) in [6.45, 7) is 3.76. The number of fused-ring (bicyclic) bond motifs is 1. The molecule has 4 nitrogen and oxygen atoms in total. The molecule has 0 aliphatic heterocycles. The van der Waals surface area contributed by atoms with Gasteiger partial charge in [-0.1, -0.05) is 11.6 Å². The normalized spacial score (nSPS) is 16.2. The van der Waals surface area contributed by atoms with Crippen molar-refractivity contribution in [3.63, 3.8) is 0 Å². The first-order valence-corrected chi connectivity index (χ1v) is 7.61. The van der Waals surface area contributed by atoms with Crippen LogP contribution in [-0.2, 0) is 18.4 Å². The molecule has 5 heteroatoms. The highest BCUT2D eigenvalue weighted by Gasteiger charge is 2.23. The maximum atomic E-state index is 5.98. The first kappa shape index (κ1) is 12.8. The molecule has 2 aromatic heterocycles. The molecule has 0 aromatic carbocycles. The third-order valence-corrected chi connectivity index (χ3v) is 4.68. The minimum Gasteiger partial charge on any atom is -0.333 e. The van der Waals surface area contributed by atoms with Crippen LogP contribution in [0.4, 0.5) is 0 Å². The van der Waals surface area contributed by atoms with E-state index in [1.54, 1.807) is 11.3 Å². The highest BCUT2D eigenvalue weighted by atomic mass is 32.1. The highest BCUT2D eigenvalue weighted by molar-refractivity contribution is 7.15. The number of aromatic nitrogens is 2. The molecule has 0 saturated carbocycles. The van der Waals surface area contributed by atoms with Crippen LogP contribution in [-0.4, -0.2) is 10.1 Å². The molecule has 2 aromatic rings. The fraction of sp³-hybridized carbons (Fsp3) is 0.571. The number of hydrogen-bond donors (Lipinski definition) is 1. The lowest BCUT2D eigenvalue weighted by Gasteiger charge is -2.11. The topological polar surface area (TPSA) is 64.9 Å². The molecular weight excluding hydrogens is 258 g/mol. The maximum absolute atomic E-state index is 5.98. The van der Waals surface area contributed by atoms with E-state index in [1.807, 2.05) is 13.8 Å². The number of thiophene rings is 1. The lowest BCUT2D eigenvalue weighted by atomic mass is 10.1. The summed E-state index contributed by atoms with van der Waals surface area (Å²) in [5.41, 5.74) is 6.89. The van der Waals surface area contributed by atoms with Gasteiger partial charge in [-0.25, -0.2) is 0 Å². The van der Waals surface area contributed by atoms with Gasteiger partial charge in [0.15, 0.2) is 5.82 Å². The molecule has 0 bridgehead atoms. The van der Waals surface area contributed by atoms with Crippen molar-refractivity contribution in [3.8, 4) is 10.8 Å². The SMILES string of the molecule is CC(C)(N)c1noc(-c2cc3c(s2)CCCCC3)n1. The molecule has 0 unspecified atom stereocenters. The summed E-state index contributed by atoms with van der Waals surface area (Å²) >= 11 is 1.79. The van der Waals surface area contributed by atoms with Crippen molar-refractivity contribution in [3.05, 3.63) is 22.3 Å². The van der Waals surface area contributed by atoms with Crippen LogP contribution in [0.2, 0.25) is 0 Å². The molecule has 1 aliphatic carbocycles. The van der Waals surface area contributed by atoms with E-state index in [0.717, 1.165) is 4.88 Å². The van der Waals surface area contributed by atoms with Crippen LogP contribution >= 0.6 is 11.3 Å². The summed E-state index contributed by atoms with van der Waals surface area (Å²) in [4.78, 5) is 6.99. The van der Waals surface area contributed by atoms with Crippen molar-refractivity contribution in [1.29, 1.82) is 0 Å². The molecule has 102 valence electrons. The van der Waals surface area contributed by atoms with Gasteiger partial charge >= 0.3 is 0 Å². The summed E-state index contributed by atoms with van der Waals surface area (Å²) in [5.74, 6) is 1.16. The van der Waals surface area contributed by atoms with Crippen molar-refractivity contribution in [2.45, 2.75) is 51.5 Å². The van der Waals surface area contributed by atoms with E-state index < -0.39 is 5.54 Å². The number of rotatable bonds is 2. The number of aryl methyl sites for hydroxylation is 2. The minimum absolute atomic E-state index is 0.559. The molecule has 0 radical (unpaired) electrons. The van der Waals surface area contributed by atoms with Gasteiger partial charge in [0.25, 0.3) is 5.89 Å². The third kappa shape index (κ3) is 2.58. The van der Waals surface area contributed by atoms with Crippen molar-refractivity contribution in [1.82, 2.24) is 10.1 Å². The second kappa shape index (κ2) is 4.72. The van der Waals surface area contributed by atoms with Crippen LogP contribution in [0, 0.1) is 0 Å². The van der Waals surface area contributed by atoms with Gasteiger partial charge in [0, 0.05) is 4.88 Å². The molecule has 3 rings (SSSR count). The van der Waals surface area contributed by atoms with Crippen molar-refractivity contribution in [2.75, 3.05) is 0 Å². The number of hydrogen-bond acceptors (Lipinski definition) is 5. The van der Waals surface area contributed by atoms with Gasteiger partial charge in [0.05, 0.1) is 10.4 Å². The Labute approximate surface area is 117 Å². The average molecular weight is 277 g/mol. The van der Waals surface area contributed by atoms with E-state index in [1.165, 1.54) is 42.5 Å². The Kier molecular flexibility index (Phi) is 3.19. The van der Waals surface area contributed by atoms with Crippen LogP contribution in [0.25, 0.3) is 10.8 Å². The number of nitrogens with zero attached hydrogens (tertiary/aromatic N) is 2. The lowest BCUT2D eigenvalue weighted by molar-refractivity contribution is 0.397. The monoisotopic (exact) mass is 277 g/mol. The van der Waals surface area contributed by atoms with E-state index in [-0.39, 0.29) is 0 Å². The Bertz CT molecular complexity index is 556. The van der Waals surface area contributed by atoms with Crippen LogP contribution in [0.1, 0.15) is 49.4 Å². The Balaban J connectivity index is 1.92. The van der Waals surface area contributed by atoms with Crippen molar-refractivity contribution >= 4 is 11.3 Å². The van der Waals surface area contributed by atoms with E-state index >= 15 is 0 Å². The zero-order chi connectivity index (χ0) is 13.5. The van der Waals surface area contributed by atoms with E-state index in [9.17, 15) is 0 Å². The fourth-order valence-corrected chi connectivity index (χ4v) is 3.53. The molecular formula is C14H19N3OS. The molecule has 0 fully saturated rings. The van der Waals surface area contributed by atoms with Gasteiger partial charge in [-0.2, -0.15) is 4.98 Å². The largest absolute Gasteiger partial charge is 0.333 e. The predicted octanol–water partition coefficient (Wildman–Crippen LogP) is 3.26. The highest BCUT2D eigenvalue weighted by Crippen LogP contribution is 2.34. The third-order valence-electron chi connectivity index (χ3n) is 3.46. The average Bonchev–Trinajstić information content (AvgIpc) is 2.91. The molecule has 1 aliphatic rings. The second-order valence-corrected chi connectivity index (χ2v) is 6.90. The lowest BCUT2D eigenvalue weighted by Crippen LogP contribution is -2.30. The number of nitrogens with two attached hydrogens (primary N) is 1. The van der Waals surface area contributed by atoms with Crippen molar-refractivity contribution in [2.24, 2.45) is 5.73 Å². The molecule has 19 heavy (non-hydrogen) atoms. The van der Waals surface area contributed by atoms with E-state index in [0.29, 0.717) is 11.7 Å². The smallest absolute Gasteiger partial charge is 0.268 e. The summed E-state index contributed by atoms with van der Waals surface area (Å²) in [5, 5.41) is 3.98. The standard InChI is InChI=1S/C14H19N3OS/c1-14(2,15)13-16-12(18-17-13)11-8-9-6-4-3-5-7-10(9)19-11/h8H,3-7,15H2,1-2H3. The van der Waals surface area contributed by atoms with Gasteiger partial charge in [-0.3, -0.25) is 0 Å². The quantitative estimate of drug-likeness (QED) is 0.856. The Hall–Kier alpha value is -1.20. The van der Waals surface area contributed by atoms with E-state index in [2.05, 4.69) is 16.2 Å². The molecule has 0 saturated heterocycles. The molecule has 0 spiro atoms. The van der Waals surface area contributed by atoms with E-state index in [4.69, 9.17) is 10.3 Å². The van der Waals surface area contributed by atoms with Crippen LogP contribution < -0.4 is 5.73 Å². The first-order chi connectivity index (χ1) is 9.04. The van der Waals surface area contributed by atoms with Crippen LogP contribution in [0.3, 0.4) is 0 Å². The fourth-order valence-electron chi connectivity index (χ4n) is 2.36. The van der Waals surface area contributed by atoms with Gasteiger partial charge in [-0.15, -0.1) is 11.3 Å². The van der Waals surface area contributed by atoms with Gasteiger partial charge in [-0.05, 0) is 51.2 Å². The van der Waals surface area contributed by atoms with Gasteiger partial charge < -0.3 is 10.3 Å². The summed E-state index contributed by atoms with van der Waals surface area (Å²) in [6.07, 6.45) is 6.27. The predicted molar refractivity (Wildman–Crippen MR) is 76.1 cm³/mol. The van der Waals surface area contributed by atoms with Crippen LogP contribution in [0.5, 0.6) is 0 Å². The Morgan fingerprint density at radius 1 is 1.26 bits per heavy atom. The Morgan fingerprint density at radius 2 is 2.05 bits per heavy atom.